The SMILES string of the molecule is CCCNc1nncc(Nc2cc(C)ccc2C)n1. The molecule has 0 aliphatic carbocycles. The van der Waals surface area contributed by atoms with Gasteiger partial charge in [0.05, 0.1) is 6.20 Å². The third-order valence-corrected chi connectivity index (χ3v) is 2.75. The van der Waals surface area contributed by atoms with Crippen LogP contribution in [0.25, 0.3) is 0 Å². The molecule has 1 aromatic carbocycles. The largest absolute Gasteiger partial charge is 0.353 e. The number of hydrogen-bond acceptors (Lipinski definition) is 5. The first kappa shape index (κ1) is 13.3. The van der Waals surface area contributed by atoms with Crippen LogP contribution in [0.5, 0.6) is 0 Å². The summed E-state index contributed by atoms with van der Waals surface area (Å²) >= 11 is 0. The summed E-state index contributed by atoms with van der Waals surface area (Å²) < 4.78 is 0. The number of nitrogens with one attached hydrogen (secondary N) is 2. The Labute approximate surface area is 113 Å². The molecule has 0 saturated carbocycles. The van der Waals surface area contributed by atoms with Crippen molar-refractivity contribution in [3.63, 3.8) is 0 Å². The first-order valence-corrected chi connectivity index (χ1v) is 6.47. The summed E-state index contributed by atoms with van der Waals surface area (Å²) in [5, 5.41) is 14.3. The molecule has 0 fully saturated rings. The Morgan fingerprint density at radius 2 is 2.05 bits per heavy atom. The third kappa shape index (κ3) is 3.64. The molecule has 2 aromatic rings. The van der Waals surface area contributed by atoms with Crippen LogP contribution in [0, 0.1) is 13.8 Å². The molecule has 0 radical (unpaired) electrons. The second-order valence-electron chi connectivity index (χ2n) is 4.54. The van der Waals surface area contributed by atoms with Crippen LogP contribution in [-0.4, -0.2) is 21.7 Å². The number of benzene rings is 1. The lowest BCUT2D eigenvalue weighted by atomic mass is 10.1. The summed E-state index contributed by atoms with van der Waals surface area (Å²) in [5.41, 5.74) is 3.42. The van der Waals surface area contributed by atoms with Crippen molar-refractivity contribution in [2.45, 2.75) is 27.2 Å². The highest BCUT2D eigenvalue weighted by atomic mass is 15.3. The Bertz CT molecular complexity index is 553. The van der Waals surface area contributed by atoms with Gasteiger partial charge in [-0.2, -0.15) is 10.1 Å². The third-order valence-electron chi connectivity index (χ3n) is 2.75. The van der Waals surface area contributed by atoms with Crippen LogP contribution in [0.2, 0.25) is 0 Å². The summed E-state index contributed by atoms with van der Waals surface area (Å²) in [5.74, 6) is 1.25. The summed E-state index contributed by atoms with van der Waals surface area (Å²) in [7, 11) is 0. The molecule has 2 rings (SSSR count). The number of rotatable bonds is 5. The smallest absolute Gasteiger partial charge is 0.244 e. The summed E-state index contributed by atoms with van der Waals surface area (Å²) in [6, 6.07) is 6.27. The Balaban J connectivity index is 2.16. The predicted molar refractivity (Wildman–Crippen MR) is 77.8 cm³/mol. The number of aryl methyl sites for hydroxylation is 2. The number of hydrogen-bond donors (Lipinski definition) is 2. The van der Waals surface area contributed by atoms with E-state index in [0.29, 0.717) is 11.8 Å². The minimum atomic E-state index is 0.553. The van der Waals surface area contributed by atoms with Crippen molar-refractivity contribution in [3.8, 4) is 0 Å². The lowest BCUT2D eigenvalue weighted by Gasteiger charge is -2.10. The van der Waals surface area contributed by atoms with E-state index in [4.69, 9.17) is 0 Å². The second kappa shape index (κ2) is 6.13. The molecule has 0 amide bonds. The van der Waals surface area contributed by atoms with Gasteiger partial charge in [-0.25, -0.2) is 0 Å². The van der Waals surface area contributed by atoms with Gasteiger partial charge >= 0.3 is 0 Å². The Morgan fingerprint density at radius 3 is 2.84 bits per heavy atom. The van der Waals surface area contributed by atoms with Crippen LogP contribution in [0.4, 0.5) is 17.5 Å². The minimum Gasteiger partial charge on any atom is -0.353 e. The molecule has 0 aliphatic heterocycles. The molecule has 0 spiro atoms. The molecule has 5 nitrogen and oxygen atoms in total. The van der Waals surface area contributed by atoms with Crippen molar-refractivity contribution in [3.05, 3.63) is 35.5 Å². The fourth-order valence-corrected chi connectivity index (χ4v) is 1.68. The standard InChI is InChI=1S/C14H19N5/c1-4-7-15-14-18-13(9-16-19-14)17-12-8-10(2)5-6-11(12)3/h5-6,8-9H,4,7H2,1-3H3,(H2,15,17,18,19). The normalized spacial score (nSPS) is 10.3. The zero-order chi connectivity index (χ0) is 13.7. The summed E-state index contributed by atoms with van der Waals surface area (Å²) in [6.45, 7) is 7.07. The average molecular weight is 257 g/mol. The predicted octanol–water partition coefficient (Wildman–Crippen LogP) is 3.05. The Kier molecular flexibility index (Phi) is 4.28. The van der Waals surface area contributed by atoms with E-state index in [1.807, 2.05) is 0 Å². The van der Waals surface area contributed by atoms with Gasteiger partial charge in [0, 0.05) is 12.2 Å². The van der Waals surface area contributed by atoms with E-state index < -0.39 is 0 Å². The molecule has 5 heteroatoms. The van der Waals surface area contributed by atoms with Gasteiger partial charge in [0.2, 0.25) is 5.95 Å². The molecular formula is C14H19N5. The first-order valence-electron chi connectivity index (χ1n) is 6.47. The van der Waals surface area contributed by atoms with Gasteiger partial charge in [-0.15, -0.1) is 5.10 Å². The average Bonchev–Trinajstić information content (AvgIpc) is 2.41. The van der Waals surface area contributed by atoms with Crippen molar-refractivity contribution in [1.29, 1.82) is 0 Å². The van der Waals surface area contributed by atoms with Crippen LogP contribution in [0.15, 0.2) is 24.4 Å². The number of anilines is 3. The van der Waals surface area contributed by atoms with Gasteiger partial charge in [-0.1, -0.05) is 19.1 Å². The maximum atomic E-state index is 4.38. The molecule has 0 aliphatic rings. The van der Waals surface area contributed by atoms with E-state index in [2.05, 4.69) is 64.8 Å². The molecule has 0 unspecified atom stereocenters. The van der Waals surface area contributed by atoms with Crippen molar-refractivity contribution >= 4 is 17.5 Å². The number of nitrogens with zero attached hydrogens (tertiary/aromatic N) is 3. The molecule has 2 N–H and O–H groups in total. The van der Waals surface area contributed by atoms with Gasteiger partial charge in [-0.05, 0) is 37.5 Å². The highest BCUT2D eigenvalue weighted by molar-refractivity contribution is 5.61. The van der Waals surface area contributed by atoms with E-state index in [-0.39, 0.29) is 0 Å². The van der Waals surface area contributed by atoms with Gasteiger partial charge in [0.1, 0.15) is 0 Å². The van der Waals surface area contributed by atoms with Crippen molar-refractivity contribution < 1.29 is 0 Å². The molecule has 19 heavy (non-hydrogen) atoms. The molecule has 0 saturated heterocycles. The zero-order valence-corrected chi connectivity index (χ0v) is 11.6. The fraction of sp³-hybridized carbons (Fsp3) is 0.357. The van der Waals surface area contributed by atoms with E-state index >= 15 is 0 Å². The van der Waals surface area contributed by atoms with Crippen LogP contribution in [0.1, 0.15) is 24.5 Å². The topological polar surface area (TPSA) is 62.7 Å². The van der Waals surface area contributed by atoms with E-state index in [1.165, 1.54) is 11.1 Å². The lowest BCUT2D eigenvalue weighted by Crippen LogP contribution is -2.07. The maximum Gasteiger partial charge on any atom is 0.244 e. The highest BCUT2D eigenvalue weighted by Crippen LogP contribution is 2.20. The van der Waals surface area contributed by atoms with Crippen LogP contribution in [0.3, 0.4) is 0 Å². The van der Waals surface area contributed by atoms with Gasteiger partial charge in [0.25, 0.3) is 0 Å². The fourth-order valence-electron chi connectivity index (χ4n) is 1.68. The Hall–Kier alpha value is -2.17. The van der Waals surface area contributed by atoms with Crippen LogP contribution in [-0.2, 0) is 0 Å². The zero-order valence-electron chi connectivity index (χ0n) is 11.6. The number of aromatic nitrogens is 3. The molecule has 1 aromatic heterocycles. The minimum absolute atomic E-state index is 0.553. The quantitative estimate of drug-likeness (QED) is 0.862. The first-order chi connectivity index (χ1) is 9.19. The van der Waals surface area contributed by atoms with Crippen LogP contribution >= 0.6 is 0 Å². The van der Waals surface area contributed by atoms with Crippen LogP contribution < -0.4 is 10.6 Å². The van der Waals surface area contributed by atoms with Gasteiger partial charge in [0.15, 0.2) is 5.82 Å². The Morgan fingerprint density at radius 1 is 1.21 bits per heavy atom. The lowest BCUT2D eigenvalue weighted by molar-refractivity contribution is 0.913. The van der Waals surface area contributed by atoms with Gasteiger partial charge in [-0.3, -0.25) is 0 Å². The highest BCUT2D eigenvalue weighted by Gasteiger charge is 2.03. The molecular weight excluding hydrogens is 238 g/mol. The summed E-state index contributed by atoms with van der Waals surface area (Å²) in [4.78, 5) is 4.38. The molecule has 100 valence electrons. The van der Waals surface area contributed by atoms with Crippen molar-refractivity contribution in [2.75, 3.05) is 17.2 Å². The second-order valence-corrected chi connectivity index (χ2v) is 4.54. The van der Waals surface area contributed by atoms with Gasteiger partial charge < -0.3 is 10.6 Å². The maximum absolute atomic E-state index is 4.38. The molecule has 0 bridgehead atoms. The monoisotopic (exact) mass is 257 g/mol. The van der Waals surface area contributed by atoms with E-state index in [9.17, 15) is 0 Å². The van der Waals surface area contributed by atoms with Crippen molar-refractivity contribution in [1.82, 2.24) is 15.2 Å². The van der Waals surface area contributed by atoms with E-state index in [1.54, 1.807) is 6.20 Å². The van der Waals surface area contributed by atoms with Crippen molar-refractivity contribution in [2.24, 2.45) is 0 Å². The molecule has 0 atom stereocenters. The molecule has 1 heterocycles. The summed E-state index contributed by atoms with van der Waals surface area (Å²) in [6.07, 6.45) is 2.65. The van der Waals surface area contributed by atoms with E-state index in [0.717, 1.165) is 18.7 Å².